The third kappa shape index (κ3) is 2.75. The van der Waals surface area contributed by atoms with Crippen LogP contribution in [0.2, 0.25) is 0 Å². The van der Waals surface area contributed by atoms with E-state index >= 15 is 0 Å². The average Bonchev–Trinajstić information content (AvgIpc) is 2.39. The van der Waals surface area contributed by atoms with Crippen LogP contribution < -0.4 is 5.56 Å². The van der Waals surface area contributed by atoms with Crippen LogP contribution in [-0.4, -0.2) is 31.1 Å². The first-order chi connectivity index (χ1) is 9.49. The number of aromatic nitrogens is 3. The topological polar surface area (TPSA) is 126 Å². The number of hydrogen-bond donors (Lipinski definition) is 2. The molecule has 1 heterocycles. The Hall–Kier alpha value is -2.88. The van der Waals surface area contributed by atoms with Gasteiger partial charge in [-0.05, 0) is 18.3 Å². The molecule has 0 unspecified atom stereocenters. The fraction of sp³-hybridized carbons (Fsp3) is 0. The molecule has 0 fully saturated rings. The Balaban J connectivity index is 2.46. The normalized spacial score (nSPS) is 10.8. The molecule has 102 valence electrons. The second kappa shape index (κ2) is 5.40. The zero-order valence-corrected chi connectivity index (χ0v) is 10.6. The van der Waals surface area contributed by atoms with Gasteiger partial charge < -0.3 is 5.11 Å². The highest BCUT2D eigenvalue weighted by Gasteiger charge is 2.08. The van der Waals surface area contributed by atoms with Crippen LogP contribution in [0.25, 0.3) is 0 Å². The van der Waals surface area contributed by atoms with Crippen LogP contribution in [0.3, 0.4) is 0 Å². The standard InChI is InChI=1S/C10H7N5O4S/c16-8-2-1-7(15(18)19)3-6(8)4-12-14-9(17)5-11-13-10(14)20/h1-5,16H,(H,13,20). The van der Waals surface area contributed by atoms with E-state index in [9.17, 15) is 20.0 Å². The Bertz CT molecular complexity index is 782. The minimum atomic E-state index is -0.609. The molecule has 0 bridgehead atoms. The Kier molecular flexibility index (Phi) is 3.66. The molecule has 0 aliphatic heterocycles. The van der Waals surface area contributed by atoms with Crippen LogP contribution in [0.15, 0.2) is 34.3 Å². The molecular formula is C10H7N5O4S. The van der Waals surface area contributed by atoms with Gasteiger partial charge in [0.25, 0.3) is 11.2 Å². The summed E-state index contributed by atoms with van der Waals surface area (Å²) in [5, 5.41) is 29.8. The van der Waals surface area contributed by atoms with Crippen LogP contribution in [0, 0.1) is 14.9 Å². The van der Waals surface area contributed by atoms with E-state index in [1.165, 1.54) is 0 Å². The summed E-state index contributed by atoms with van der Waals surface area (Å²) in [6.45, 7) is 0. The molecule has 0 aliphatic rings. The molecule has 0 saturated heterocycles. The Morgan fingerprint density at radius 1 is 1.55 bits per heavy atom. The largest absolute Gasteiger partial charge is 0.507 e. The van der Waals surface area contributed by atoms with Crippen molar-refractivity contribution in [1.29, 1.82) is 0 Å². The van der Waals surface area contributed by atoms with Crippen molar-refractivity contribution in [3.05, 3.63) is 55.2 Å². The average molecular weight is 293 g/mol. The van der Waals surface area contributed by atoms with Gasteiger partial charge in [0.1, 0.15) is 11.9 Å². The number of nitro benzene ring substituents is 1. The first kappa shape index (κ1) is 13.5. The number of phenolic OH excluding ortho intramolecular Hbond substituents is 1. The number of nitrogens with zero attached hydrogens (tertiary/aromatic N) is 4. The van der Waals surface area contributed by atoms with Gasteiger partial charge in [-0.15, -0.1) is 0 Å². The summed E-state index contributed by atoms with van der Waals surface area (Å²) in [7, 11) is 0. The first-order valence-electron chi connectivity index (χ1n) is 5.17. The summed E-state index contributed by atoms with van der Waals surface area (Å²) >= 11 is 4.82. The predicted molar refractivity (Wildman–Crippen MR) is 71.4 cm³/mol. The van der Waals surface area contributed by atoms with Crippen molar-refractivity contribution in [2.24, 2.45) is 5.10 Å². The number of non-ortho nitro benzene ring substituents is 1. The Labute approximate surface area is 116 Å². The fourth-order valence-electron chi connectivity index (χ4n) is 1.33. The van der Waals surface area contributed by atoms with Gasteiger partial charge in [-0.3, -0.25) is 20.0 Å². The zero-order chi connectivity index (χ0) is 14.7. The lowest BCUT2D eigenvalue weighted by Gasteiger charge is -1.99. The van der Waals surface area contributed by atoms with Crippen molar-refractivity contribution in [3.8, 4) is 5.75 Å². The molecular weight excluding hydrogens is 286 g/mol. The molecule has 1 aromatic heterocycles. The summed E-state index contributed by atoms with van der Waals surface area (Å²) < 4.78 is 0.791. The molecule has 0 aliphatic carbocycles. The number of aromatic hydroxyl groups is 1. The van der Waals surface area contributed by atoms with E-state index in [1.807, 2.05) is 0 Å². The van der Waals surface area contributed by atoms with Crippen LogP contribution in [0.4, 0.5) is 5.69 Å². The van der Waals surface area contributed by atoms with Gasteiger partial charge >= 0.3 is 0 Å². The van der Waals surface area contributed by atoms with E-state index in [2.05, 4.69) is 15.3 Å². The molecule has 2 N–H and O–H groups in total. The Morgan fingerprint density at radius 2 is 2.30 bits per heavy atom. The minimum Gasteiger partial charge on any atom is -0.507 e. The monoisotopic (exact) mass is 293 g/mol. The molecule has 0 radical (unpaired) electrons. The lowest BCUT2D eigenvalue weighted by molar-refractivity contribution is -0.384. The highest BCUT2D eigenvalue weighted by atomic mass is 32.1. The van der Waals surface area contributed by atoms with Crippen molar-refractivity contribution < 1.29 is 10.0 Å². The molecule has 1 aromatic carbocycles. The second-order valence-corrected chi connectivity index (χ2v) is 3.96. The van der Waals surface area contributed by atoms with Crippen LogP contribution in [0.5, 0.6) is 5.75 Å². The molecule has 0 spiro atoms. The van der Waals surface area contributed by atoms with E-state index in [0.717, 1.165) is 35.3 Å². The van der Waals surface area contributed by atoms with E-state index in [4.69, 9.17) is 12.2 Å². The van der Waals surface area contributed by atoms with Crippen LogP contribution >= 0.6 is 12.2 Å². The van der Waals surface area contributed by atoms with Crippen molar-refractivity contribution in [3.63, 3.8) is 0 Å². The van der Waals surface area contributed by atoms with Gasteiger partial charge in [0.2, 0.25) is 4.77 Å². The number of rotatable bonds is 3. The maximum Gasteiger partial charge on any atom is 0.293 e. The number of benzene rings is 1. The molecule has 2 rings (SSSR count). The lowest BCUT2D eigenvalue weighted by Crippen LogP contribution is -2.18. The highest BCUT2D eigenvalue weighted by molar-refractivity contribution is 7.71. The van der Waals surface area contributed by atoms with Crippen molar-refractivity contribution >= 4 is 24.1 Å². The third-order valence-corrected chi connectivity index (χ3v) is 2.53. The summed E-state index contributed by atoms with van der Waals surface area (Å²) in [5.74, 6) is -0.212. The minimum absolute atomic E-state index is 0.0429. The number of aromatic amines is 1. The van der Waals surface area contributed by atoms with Crippen LogP contribution in [-0.2, 0) is 0 Å². The number of nitro groups is 1. The fourth-order valence-corrected chi connectivity index (χ4v) is 1.52. The second-order valence-electron chi connectivity index (χ2n) is 3.57. The van der Waals surface area contributed by atoms with Gasteiger partial charge in [0.05, 0.1) is 11.1 Å². The van der Waals surface area contributed by atoms with Gasteiger partial charge in [0, 0.05) is 17.7 Å². The highest BCUT2D eigenvalue weighted by Crippen LogP contribution is 2.21. The third-order valence-electron chi connectivity index (χ3n) is 2.27. The summed E-state index contributed by atoms with van der Waals surface area (Å²) in [4.78, 5) is 21.5. The maximum atomic E-state index is 11.5. The van der Waals surface area contributed by atoms with Gasteiger partial charge in [-0.25, -0.2) is 0 Å². The van der Waals surface area contributed by atoms with E-state index < -0.39 is 10.5 Å². The smallest absolute Gasteiger partial charge is 0.293 e. The molecule has 20 heavy (non-hydrogen) atoms. The summed E-state index contributed by atoms with van der Waals surface area (Å²) in [5.41, 5.74) is -0.705. The van der Waals surface area contributed by atoms with E-state index in [-0.39, 0.29) is 21.8 Å². The van der Waals surface area contributed by atoms with Gasteiger partial charge in [0.15, 0.2) is 0 Å². The van der Waals surface area contributed by atoms with E-state index in [0.29, 0.717) is 0 Å². The lowest BCUT2D eigenvalue weighted by atomic mass is 10.2. The molecule has 0 atom stereocenters. The number of nitrogens with one attached hydrogen (secondary N) is 1. The molecule has 10 heteroatoms. The van der Waals surface area contributed by atoms with E-state index in [1.54, 1.807) is 0 Å². The SMILES string of the molecule is O=c1cn[nH]c(=S)n1N=Cc1cc([N+](=O)[O-])ccc1O. The van der Waals surface area contributed by atoms with Crippen LogP contribution in [0.1, 0.15) is 5.56 Å². The van der Waals surface area contributed by atoms with Crippen molar-refractivity contribution in [2.45, 2.75) is 0 Å². The summed E-state index contributed by atoms with van der Waals surface area (Å²) in [6.07, 6.45) is 2.06. The molecule has 0 amide bonds. The number of hydrogen-bond acceptors (Lipinski definition) is 7. The molecule has 9 nitrogen and oxygen atoms in total. The Morgan fingerprint density at radius 3 is 2.95 bits per heavy atom. The number of phenols is 1. The molecule has 2 aromatic rings. The number of H-pyrrole nitrogens is 1. The maximum absolute atomic E-state index is 11.5. The zero-order valence-electron chi connectivity index (χ0n) is 9.76. The molecule has 0 saturated carbocycles. The van der Waals surface area contributed by atoms with Gasteiger partial charge in [-0.2, -0.15) is 14.9 Å². The summed E-state index contributed by atoms with van der Waals surface area (Å²) in [6, 6.07) is 3.44. The first-order valence-corrected chi connectivity index (χ1v) is 5.58. The van der Waals surface area contributed by atoms with Crippen molar-refractivity contribution in [1.82, 2.24) is 14.9 Å². The predicted octanol–water partition coefficient (Wildman–Crippen LogP) is 0.797. The quantitative estimate of drug-likeness (QED) is 0.373. The van der Waals surface area contributed by atoms with Crippen molar-refractivity contribution in [2.75, 3.05) is 0 Å². The van der Waals surface area contributed by atoms with Gasteiger partial charge in [-0.1, -0.05) is 0 Å².